The van der Waals surface area contributed by atoms with Crippen molar-refractivity contribution in [2.24, 2.45) is 0 Å². The number of hydrogen-bond acceptors (Lipinski definition) is 3. The first-order chi connectivity index (χ1) is 12.9. The first kappa shape index (κ1) is 18.9. The topological polar surface area (TPSA) is 63.6 Å². The molecule has 3 rings (SSSR count). The number of nitrogens with one attached hydrogen (secondary N) is 1. The van der Waals surface area contributed by atoms with Crippen LogP contribution in [0, 0.1) is 20.8 Å². The molecule has 0 aliphatic carbocycles. The number of amides is 3. The Kier molecular flexibility index (Phi) is 5.46. The van der Waals surface area contributed by atoms with E-state index in [1.807, 2.05) is 51.1 Å². The van der Waals surface area contributed by atoms with E-state index in [-0.39, 0.29) is 18.5 Å². The van der Waals surface area contributed by atoms with Gasteiger partial charge in [-0.1, -0.05) is 29.8 Å². The number of nitrogens with zero attached hydrogens (tertiary/aromatic N) is 2. The van der Waals surface area contributed by atoms with Gasteiger partial charge in [0.2, 0.25) is 0 Å². The molecule has 6 heteroatoms. The number of urea groups is 1. The molecule has 0 saturated carbocycles. The van der Waals surface area contributed by atoms with E-state index < -0.39 is 0 Å². The van der Waals surface area contributed by atoms with E-state index in [1.54, 1.807) is 13.2 Å². The maximum atomic E-state index is 12.7. The van der Waals surface area contributed by atoms with Crippen LogP contribution >= 0.6 is 0 Å². The fourth-order valence-electron chi connectivity index (χ4n) is 3.36. The fourth-order valence-corrected chi connectivity index (χ4v) is 3.36. The van der Waals surface area contributed by atoms with E-state index in [9.17, 15) is 9.59 Å². The lowest BCUT2D eigenvalue weighted by molar-refractivity contribution is -0.123. The molecule has 1 aliphatic rings. The number of methoxy groups -OCH3 is 1. The smallest absolute Gasteiger partial charge is 0.329 e. The van der Waals surface area contributed by atoms with Crippen molar-refractivity contribution in [3.63, 3.8) is 0 Å². The van der Waals surface area contributed by atoms with Crippen LogP contribution in [-0.4, -0.2) is 35.1 Å². The van der Waals surface area contributed by atoms with Gasteiger partial charge in [-0.05, 0) is 44.0 Å². The van der Waals surface area contributed by atoms with Crippen molar-refractivity contribution in [2.45, 2.75) is 33.9 Å². The van der Waals surface area contributed by atoms with Crippen LogP contribution in [0.1, 0.15) is 28.1 Å². The minimum Gasteiger partial charge on any atom is -0.383 e. The summed E-state index contributed by atoms with van der Waals surface area (Å²) in [4.78, 5) is 26.3. The Hall–Kier alpha value is -2.86. The molecule has 2 aromatic rings. The van der Waals surface area contributed by atoms with Crippen LogP contribution < -0.4 is 5.32 Å². The highest BCUT2D eigenvalue weighted by Crippen LogP contribution is 2.21. The third-order valence-corrected chi connectivity index (χ3v) is 4.82. The summed E-state index contributed by atoms with van der Waals surface area (Å²) in [6.07, 6.45) is 1.75. The molecule has 0 unspecified atom stereocenters. The van der Waals surface area contributed by atoms with Gasteiger partial charge in [-0.15, -0.1) is 0 Å². The van der Waals surface area contributed by atoms with Crippen molar-refractivity contribution >= 4 is 18.0 Å². The van der Waals surface area contributed by atoms with Crippen LogP contribution in [-0.2, 0) is 22.6 Å². The number of aromatic nitrogens is 1. The maximum Gasteiger partial charge on any atom is 0.329 e. The standard InChI is InChI=1S/C21H25N3O3/c1-14-6-5-7-17(10-14)13-24-20(25)19(22-21(24)26)12-18-11-15(2)23(16(18)3)8-9-27-4/h5-7,10-12H,8-9,13H2,1-4H3,(H,22,26)/b19-12+. The van der Waals surface area contributed by atoms with Gasteiger partial charge in [0.1, 0.15) is 5.70 Å². The summed E-state index contributed by atoms with van der Waals surface area (Å²) in [7, 11) is 1.67. The Bertz CT molecular complexity index is 911. The lowest BCUT2D eigenvalue weighted by Gasteiger charge is -2.12. The number of imide groups is 1. The Morgan fingerprint density at radius 2 is 1.93 bits per heavy atom. The van der Waals surface area contributed by atoms with E-state index in [1.165, 1.54) is 4.90 Å². The predicted octanol–water partition coefficient (Wildman–Crippen LogP) is 3.15. The molecule has 1 aliphatic heterocycles. The van der Waals surface area contributed by atoms with E-state index in [4.69, 9.17) is 4.74 Å². The molecular weight excluding hydrogens is 342 g/mol. The molecule has 0 atom stereocenters. The Morgan fingerprint density at radius 1 is 1.15 bits per heavy atom. The quantitative estimate of drug-likeness (QED) is 0.630. The highest BCUT2D eigenvalue weighted by atomic mass is 16.5. The zero-order valence-corrected chi connectivity index (χ0v) is 16.2. The SMILES string of the molecule is COCCn1c(C)cc(/C=C2/NC(=O)N(Cc3cccc(C)c3)C2=O)c1C. The van der Waals surface area contributed by atoms with E-state index in [0.29, 0.717) is 12.3 Å². The summed E-state index contributed by atoms with van der Waals surface area (Å²) < 4.78 is 7.30. The molecule has 27 heavy (non-hydrogen) atoms. The monoisotopic (exact) mass is 367 g/mol. The number of carbonyl (C=O) groups excluding carboxylic acids is 2. The number of ether oxygens (including phenoxy) is 1. The molecular formula is C21H25N3O3. The first-order valence-corrected chi connectivity index (χ1v) is 8.96. The van der Waals surface area contributed by atoms with E-state index in [2.05, 4.69) is 9.88 Å². The van der Waals surface area contributed by atoms with Gasteiger partial charge in [-0.25, -0.2) is 4.79 Å². The molecule has 3 amide bonds. The number of benzene rings is 1. The highest BCUT2D eigenvalue weighted by molar-refractivity contribution is 6.13. The van der Waals surface area contributed by atoms with Gasteiger partial charge in [0.05, 0.1) is 13.2 Å². The predicted molar refractivity (Wildman–Crippen MR) is 104 cm³/mol. The van der Waals surface area contributed by atoms with Gasteiger partial charge in [-0.3, -0.25) is 9.69 Å². The minimum absolute atomic E-state index is 0.260. The number of aryl methyl sites for hydroxylation is 2. The third-order valence-electron chi connectivity index (χ3n) is 4.82. The minimum atomic E-state index is -0.388. The molecule has 2 heterocycles. The van der Waals surface area contributed by atoms with Crippen molar-refractivity contribution in [3.8, 4) is 0 Å². The Labute approximate surface area is 159 Å². The summed E-state index contributed by atoms with van der Waals surface area (Å²) in [6.45, 7) is 7.63. The summed E-state index contributed by atoms with van der Waals surface area (Å²) in [5.41, 5.74) is 5.38. The average Bonchev–Trinajstić information content (AvgIpc) is 3.04. The normalized spacial score (nSPS) is 15.7. The molecule has 1 N–H and O–H groups in total. The van der Waals surface area contributed by atoms with Crippen LogP contribution in [0.15, 0.2) is 36.0 Å². The summed E-state index contributed by atoms with van der Waals surface area (Å²) in [5, 5.41) is 2.70. The van der Waals surface area contributed by atoms with Crippen LogP contribution in [0.5, 0.6) is 0 Å². The first-order valence-electron chi connectivity index (χ1n) is 8.96. The second kappa shape index (κ2) is 7.80. The largest absolute Gasteiger partial charge is 0.383 e. The number of rotatable bonds is 6. The van der Waals surface area contributed by atoms with Crippen molar-refractivity contribution in [1.82, 2.24) is 14.8 Å². The second-order valence-electron chi connectivity index (χ2n) is 6.84. The average molecular weight is 367 g/mol. The van der Waals surface area contributed by atoms with Crippen LogP contribution in [0.3, 0.4) is 0 Å². The van der Waals surface area contributed by atoms with E-state index in [0.717, 1.165) is 34.6 Å². The van der Waals surface area contributed by atoms with Gasteiger partial charge < -0.3 is 14.6 Å². The lowest BCUT2D eigenvalue weighted by atomic mass is 10.1. The van der Waals surface area contributed by atoms with Crippen molar-refractivity contribution in [3.05, 3.63) is 64.1 Å². The molecule has 1 aromatic carbocycles. The highest BCUT2D eigenvalue weighted by Gasteiger charge is 2.33. The fraction of sp³-hybridized carbons (Fsp3) is 0.333. The lowest BCUT2D eigenvalue weighted by Crippen LogP contribution is -2.30. The summed E-state index contributed by atoms with van der Waals surface area (Å²) in [5.74, 6) is -0.303. The molecule has 1 fully saturated rings. The van der Waals surface area contributed by atoms with Crippen molar-refractivity contribution in [2.75, 3.05) is 13.7 Å². The van der Waals surface area contributed by atoms with Gasteiger partial charge in [-0.2, -0.15) is 0 Å². The van der Waals surface area contributed by atoms with Gasteiger partial charge in [0, 0.05) is 25.0 Å². The molecule has 6 nitrogen and oxygen atoms in total. The second-order valence-corrected chi connectivity index (χ2v) is 6.84. The van der Waals surface area contributed by atoms with Gasteiger partial charge in [0.15, 0.2) is 0 Å². The van der Waals surface area contributed by atoms with Crippen LogP contribution in [0.2, 0.25) is 0 Å². The van der Waals surface area contributed by atoms with Crippen LogP contribution in [0.4, 0.5) is 4.79 Å². The zero-order valence-electron chi connectivity index (χ0n) is 16.2. The molecule has 0 spiro atoms. The van der Waals surface area contributed by atoms with Crippen molar-refractivity contribution < 1.29 is 14.3 Å². The zero-order chi connectivity index (χ0) is 19.6. The molecule has 1 aromatic heterocycles. The number of carbonyl (C=O) groups is 2. The van der Waals surface area contributed by atoms with E-state index >= 15 is 0 Å². The molecule has 1 saturated heterocycles. The Morgan fingerprint density at radius 3 is 2.63 bits per heavy atom. The van der Waals surface area contributed by atoms with Gasteiger partial charge >= 0.3 is 6.03 Å². The summed E-state index contributed by atoms with van der Waals surface area (Å²) >= 11 is 0. The Balaban J connectivity index is 1.82. The van der Waals surface area contributed by atoms with Crippen molar-refractivity contribution in [1.29, 1.82) is 0 Å². The summed E-state index contributed by atoms with van der Waals surface area (Å²) in [6, 6.07) is 9.43. The molecule has 142 valence electrons. The number of hydrogen-bond donors (Lipinski definition) is 1. The molecule has 0 bridgehead atoms. The maximum absolute atomic E-state index is 12.7. The van der Waals surface area contributed by atoms with Crippen LogP contribution in [0.25, 0.3) is 6.08 Å². The molecule has 0 radical (unpaired) electrons. The third kappa shape index (κ3) is 3.95. The van der Waals surface area contributed by atoms with Gasteiger partial charge in [0.25, 0.3) is 5.91 Å².